The maximum absolute atomic E-state index is 11.1. The number of hydrogen-bond donors (Lipinski definition) is 0. The molecule has 1 aromatic heterocycles. The second-order valence-electron chi connectivity index (χ2n) is 3.79. The zero-order valence-corrected chi connectivity index (χ0v) is 12.3. The molecule has 0 radical (unpaired) electrons. The molecule has 0 atom stereocenters. The second-order valence-corrected chi connectivity index (χ2v) is 5.65. The standard InChI is InChI=1S/C13H12BrNO2S/c1-17-13(16)7-11-8-18-12(15-11)6-9-3-2-4-10(14)5-9/h2-5,8H,6-7H2,1H3. The van der Waals surface area contributed by atoms with Crippen molar-refractivity contribution in [3.8, 4) is 0 Å². The molecule has 0 N–H and O–H groups in total. The minimum Gasteiger partial charge on any atom is -0.469 e. The van der Waals surface area contributed by atoms with Crippen molar-refractivity contribution in [1.29, 1.82) is 0 Å². The Hall–Kier alpha value is -1.20. The van der Waals surface area contributed by atoms with Gasteiger partial charge in [0, 0.05) is 16.3 Å². The number of methoxy groups -OCH3 is 1. The van der Waals surface area contributed by atoms with Crippen molar-refractivity contribution in [2.45, 2.75) is 12.8 Å². The Morgan fingerprint density at radius 2 is 2.33 bits per heavy atom. The topological polar surface area (TPSA) is 39.2 Å². The van der Waals surface area contributed by atoms with Crippen LogP contribution in [0.25, 0.3) is 0 Å². The molecule has 18 heavy (non-hydrogen) atoms. The van der Waals surface area contributed by atoms with E-state index in [-0.39, 0.29) is 12.4 Å². The van der Waals surface area contributed by atoms with Gasteiger partial charge in [-0.3, -0.25) is 4.79 Å². The summed E-state index contributed by atoms with van der Waals surface area (Å²) in [6.45, 7) is 0. The molecule has 3 nitrogen and oxygen atoms in total. The molecule has 0 aliphatic rings. The number of hydrogen-bond acceptors (Lipinski definition) is 4. The van der Waals surface area contributed by atoms with E-state index in [0.29, 0.717) is 0 Å². The summed E-state index contributed by atoms with van der Waals surface area (Å²) in [5.41, 5.74) is 1.97. The molecular formula is C13H12BrNO2S. The third-order valence-electron chi connectivity index (χ3n) is 2.40. The highest BCUT2D eigenvalue weighted by atomic mass is 79.9. The minimum absolute atomic E-state index is 0.242. The van der Waals surface area contributed by atoms with Crippen LogP contribution in [0.2, 0.25) is 0 Å². The fraction of sp³-hybridized carbons (Fsp3) is 0.231. The molecular weight excluding hydrogens is 314 g/mol. The van der Waals surface area contributed by atoms with Crippen molar-refractivity contribution in [2.24, 2.45) is 0 Å². The van der Waals surface area contributed by atoms with E-state index in [4.69, 9.17) is 0 Å². The average molecular weight is 326 g/mol. The van der Waals surface area contributed by atoms with Gasteiger partial charge in [0.05, 0.1) is 24.2 Å². The zero-order valence-electron chi connectivity index (χ0n) is 9.85. The normalized spacial score (nSPS) is 10.3. The van der Waals surface area contributed by atoms with Crippen LogP contribution < -0.4 is 0 Å². The molecule has 2 aromatic rings. The lowest BCUT2D eigenvalue weighted by Gasteiger charge is -1.98. The fourth-order valence-corrected chi connectivity index (χ4v) is 2.83. The molecule has 1 heterocycles. The molecule has 0 spiro atoms. The van der Waals surface area contributed by atoms with E-state index < -0.39 is 0 Å². The van der Waals surface area contributed by atoms with Crippen LogP contribution in [0.5, 0.6) is 0 Å². The average Bonchev–Trinajstić information content (AvgIpc) is 2.76. The van der Waals surface area contributed by atoms with E-state index in [1.165, 1.54) is 12.7 Å². The number of ether oxygens (including phenoxy) is 1. The lowest BCUT2D eigenvalue weighted by Crippen LogP contribution is -2.04. The molecule has 0 aliphatic carbocycles. The predicted octanol–water partition coefficient (Wildman–Crippen LogP) is 3.21. The van der Waals surface area contributed by atoms with Crippen molar-refractivity contribution in [3.05, 3.63) is 50.4 Å². The summed E-state index contributed by atoms with van der Waals surface area (Å²) in [6, 6.07) is 8.13. The van der Waals surface area contributed by atoms with Gasteiger partial charge in [-0.05, 0) is 17.7 Å². The lowest BCUT2D eigenvalue weighted by atomic mass is 10.2. The highest BCUT2D eigenvalue weighted by Gasteiger charge is 2.08. The summed E-state index contributed by atoms with van der Waals surface area (Å²) in [6.07, 6.45) is 1.02. The van der Waals surface area contributed by atoms with E-state index in [1.54, 1.807) is 11.3 Å². The molecule has 0 bridgehead atoms. The Morgan fingerprint density at radius 1 is 1.50 bits per heavy atom. The van der Waals surface area contributed by atoms with Crippen LogP contribution in [0.4, 0.5) is 0 Å². The first kappa shape index (κ1) is 13.2. The summed E-state index contributed by atoms with van der Waals surface area (Å²) in [5.74, 6) is -0.255. The Labute approximate surface area is 118 Å². The number of carbonyl (C=O) groups is 1. The van der Waals surface area contributed by atoms with Crippen molar-refractivity contribution >= 4 is 33.2 Å². The first-order valence-corrected chi connectivity index (χ1v) is 7.09. The van der Waals surface area contributed by atoms with E-state index in [0.717, 1.165) is 21.6 Å². The molecule has 2 rings (SSSR count). The highest BCUT2D eigenvalue weighted by molar-refractivity contribution is 9.10. The Bertz CT molecular complexity index is 553. The minimum atomic E-state index is -0.255. The van der Waals surface area contributed by atoms with Crippen molar-refractivity contribution in [3.63, 3.8) is 0 Å². The monoisotopic (exact) mass is 325 g/mol. The number of esters is 1. The van der Waals surface area contributed by atoms with Gasteiger partial charge in [-0.25, -0.2) is 4.98 Å². The van der Waals surface area contributed by atoms with Gasteiger partial charge >= 0.3 is 5.97 Å². The molecule has 5 heteroatoms. The zero-order chi connectivity index (χ0) is 13.0. The third kappa shape index (κ3) is 3.65. The fourth-order valence-electron chi connectivity index (χ4n) is 1.55. The van der Waals surface area contributed by atoms with E-state index in [2.05, 4.69) is 37.8 Å². The molecule has 1 aromatic carbocycles. The quantitative estimate of drug-likeness (QED) is 0.810. The molecule has 0 unspecified atom stereocenters. The first-order valence-electron chi connectivity index (χ1n) is 5.42. The number of nitrogens with zero attached hydrogens (tertiary/aromatic N) is 1. The molecule has 0 amide bonds. The summed E-state index contributed by atoms with van der Waals surface area (Å²) in [5, 5.41) is 2.91. The number of thiazole rings is 1. The van der Waals surface area contributed by atoms with E-state index in [1.807, 2.05) is 17.5 Å². The van der Waals surface area contributed by atoms with Gasteiger partial charge in [-0.15, -0.1) is 11.3 Å². The van der Waals surface area contributed by atoms with Gasteiger partial charge in [0.2, 0.25) is 0 Å². The van der Waals surface area contributed by atoms with Crippen molar-refractivity contribution in [1.82, 2.24) is 4.98 Å². The Balaban J connectivity index is 2.04. The SMILES string of the molecule is COC(=O)Cc1csc(Cc2cccc(Br)c2)n1. The highest BCUT2D eigenvalue weighted by Crippen LogP contribution is 2.18. The largest absolute Gasteiger partial charge is 0.469 e. The van der Waals surface area contributed by atoms with Crippen molar-refractivity contribution < 1.29 is 9.53 Å². The lowest BCUT2D eigenvalue weighted by molar-refractivity contribution is -0.139. The van der Waals surface area contributed by atoms with Crippen LogP contribution in [0.3, 0.4) is 0 Å². The number of aromatic nitrogens is 1. The Kier molecular flexibility index (Phi) is 4.49. The van der Waals surface area contributed by atoms with Gasteiger partial charge in [-0.1, -0.05) is 28.1 Å². The van der Waals surface area contributed by atoms with Crippen LogP contribution >= 0.6 is 27.3 Å². The molecule has 0 saturated carbocycles. The molecule has 94 valence electrons. The number of benzene rings is 1. The van der Waals surface area contributed by atoms with Gasteiger partial charge in [0.1, 0.15) is 0 Å². The second kappa shape index (κ2) is 6.11. The van der Waals surface area contributed by atoms with E-state index >= 15 is 0 Å². The summed E-state index contributed by atoms with van der Waals surface area (Å²) in [7, 11) is 1.39. The maximum Gasteiger partial charge on any atom is 0.311 e. The number of halogens is 1. The smallest absolute Gasteiger partial charge is 0.311 e. The summed E-state index contributed by atoms with van der Waals surface area (Å²) < 4.78 is 5.68. The third-order valence-corrected chi connectivity index (χ3v) is 3.79. The summed E-state index contributed by atoms with van der Waals surface area (Å²) in [4.78, 5) is 15.6. The Morgan fingerprint density at radius 3 is 3.06 bits per heavy atom. The van der Waals surface area contributed by atoms with Crippen LogP contribution in [0, 0.1) is 0 Å². The predicted molar refractivity (Wildman–Crippen MR) is 74.8 cm³/mol. The van der Waals surface area contributed by atoms with Crippen LogP contribution in [0.1, 0.15) is 16.3 Å². The van der Waals surface area contributed by atoms with Gasteiger partial charge in [0.15, 0.2) is 0 Å². The molecule has 0 saturated heterocycles. The number of carbonyl (C=O) groups excluding carboxylic acids is 1. The molecule has 0 aliphatic heterocycles. The van der Waals surface area contributed by atoms with Gasteiger partial charge in [0.25, 0.3) is 0 Å². The molecule has 0 fully saturated rings. The van der Waals surface area contributed by atoms with Gasteiger partial charge < -0.3 is 4.74 Å². The maximum atomic E-state index is 11.1. The first-order chi connectivity index (χ1) is 8.67. The van der Waals surface area contributed by atoms with Crippen molar-refractivity contribution in [2.75, 3.05) is 7.11 Å². The number of rotatable bonds is 4. The van der Waals surface area contributed by atoms with E-state index in [9.17, 15) is 4.79 Å². The van der Waals surface area contributed by atoms with Crippen LogP contribution in [-0.2, 0) is 22.4 Å². The van der Waals surface area contributed by atoms with Crippen LogP contribution in [0.15, 0.2) is 34.1 Å². The van der Waals surface area contributed by atoms with Crippen LogP contribution in [-0.4, -0.2) is 18.1 Å². The summed E-state index contributed by atoms with van der Waals surface area (Å²) >= 11 is 5.01. The van der Waals surface area contributed by atoms with Gasteiger partial charge in [-0.2, -0.15) is 0 Å².